The highest BCUT2D eigenvalue weighted by molar-refractivity contribution is 7.86. The zero-order valence-corrected chi connectivity index (χ0v) is 13.7. The lowest BCUT2D eigenvalue weighted by Crippen LogP contribution is -2.49. The fourth-order valence-corrected chi connectivity index (χ4v) is 3.65. The predicted molar refractivity (Wildman–Crippen MR) is 79.4 cm³/mol. The van der Waals surface area contributed by atoms with Gasteiger partial charge in [0.05, 0.1) is 5.92 Å². The maximum absolute atomic E-state index is 12.2. The van der Waals surface area contributed by atoms with Crippen LogP contribution in [0, 0.1) is 5.92 Å². The van der Waals surface area contributed by atoms with Crippen molar-refractivity contribution in [2.24, 2.45) is 5.92 Å². The molecule has 0 unspecified atom stereocenters. The van der Waals surface area contributed by atoms with Gasteiger partial charge in [0, 0.05) is 33.2 Å². The molecule has 2 atom stereocenters. The van der Waals surface area contributed by atoms with E-state index >= 15 is 0 Å². The minimum atomic E-state index is -3.42. The van der Waals surface area contributed by atoms with E-state index in [0.717, 1.165) is 25.7 Å². The Hall–Kier alpha value is -0.660. The lowest BCUT2D eigenvalue weighted by atomic mass is 9.98. The van der Waals surface area contributed by atoms with Gasteiger partial charge in [0.2, 0.25) is 5.91 Å². The van der Waals surface area contributed by atoms with Gasteiger partial charge in [0.15, 0.2) is 0 Å². The van der Waals surface area contributed by atoms with Crippen molar-refractivity contribution in [1.82, 2.24) is 13.9 Å². The van der Waals surface area contributed by atoms with Gasteiger partial charge >= 0.3 is 0 Å². The summed E-state index contributed by atoms with van der Waals surface area (Å²) in [6, 6.07) is 0.147. The quantitative estimate of drug-likeness (QED) is 0.789. The highest BCUT2D eigenvalue weighted by Crippen LogP contribution is 2.20. The number of hydrogen-bond acceptors (Lipinski definition) is 3. The molecule has 1 aliphatic rings. The van der Waals surface area contributed by atoms with E-state index in [-0.39, 0.29) is 24.4 Å². The molecule has 1 saturated heterocycles. The van der Waals surface area contributed by atoms with Gasteiger partial charge in [-0.25, -0.2) is 0 Å². The summed E-state index contributed by atoms with van der Waals surface area (Å²) < 4.78 is 26.8. The summed E-state index contributed by atoms with van der Waals surface area (Å²) >= 11 is 0. The molecule has 0 aromatic carbocycles. The van der Waals surface area contributed by atoms with Crippen LogP contribution in [-0.2, 0) is 15.0 Å². The third-order valence-corrected chi connectivity index (χ3v) is 5.56. The van der Waals surface area contributed by atoms with Gasteiger partial charge in [-0.05, 0) is 26.2 Å². The van der Waals surface area contributed by atoms with Crippen molar-refractivity contribution >= 4 is 16.1 Å². The second-order valence-electron chi connectivity index (χ2n) is 5.69. The molecule has 0 saturated carbocycles. The minimum absolute atomic E-state index is 0.0235. The third-order valence-electron chi connectivity index (χ3n) is 3.65. The Morgan fingerprint density at radius 2 is 2.10 bits per heavy atom. The second-order valence-corrected chi connectivity index (χ2v) is 7.83. The highest BCUT2D eigenvalue weighted by atomic mass is 32.2. The first-order valence-electron chi connectivity index (χ1n) is 7.27. The average molecular weight is 305 g/mol. The first-order chi connectivity index (χ1) is 9.28. The van der Waals surface area contributed by atoms with E-state index in [0.29, 0.717) is 6.54 Å². The molecule has 118 valence electrons. The Labute approximate surface area is 122 Å². The Morgan fingerprint density at radius 1 is 1.45 bits per heavy atom. The maximum atomic E-state index is 12.2. The van der Waals surface area contributed by atoms with E-state index in [4.69, 9.17) is 0 Å². The summed E-state index contributed by atoms with van der Waals surface area (Å²) in [5.41, 5.74) is 0. The Bertz CT molecular complexity index is 423. The topological polar surface area (TPSA) is 69.7 Å². The Balaban J connectivity index is 2.63. The van der Waals surface area contributed by atoms with Gasteiger partial charge in [-0.15, -0.1) is 0 Å². The number of amides is 1. The number of carbonyl (C=O) groups is 1. The van der Waals surface area contributed by atoms with Crippen molar-refractivity contribution < 1.29 is 13.2 Å². The standard InChI is InChI=1S/C13H27N3O3S/c1-5-7-11(2)14-13(17)12-8-6-9-16(10-12)20(18,19)15(3)4/h11-12H,5-10H2,1-4H3,(H,14,17)/t11-,12+/m0/s1. The lowest BCUT2D eigenvalue weighted by Gasteiger charge is -2.33. The van der Waals surface area contributed by atoms with E-state index in [1.54, 1.807) is 0 Å². The molecule has 0 spiro atoms. The molecule has 0 bridgehead atoms. The summed E-state index contributed by atoms with van der Waals surface area (Å²) in [6.07, 6.45) is 3.45. The summed E-state index contributed by atoms with van der Waals surface area (Å²) in [7, 11) is -0.386. The van der Waals surface area contributed by atoms with Crippen LogP contribution < -0.4 is 5.32 Å². The van der Waals surface area contributed by atoms with Gasteiger partial charge in [0.1, 0.15) is 0 Å². The second kappa shape index (κ2) is 7.38. The van der Waals surface area contributed by atoms with Crippen molar-refractivity contribution in [2.45, 2.75) is 45.6 Å². The van der Waals surface area contributed by atoms with Crippen LogP contribution in [0.3, 0.4) is 0 Å². The molecule has 1 fully saturated rings. The SMILES string of the molecule is CCC[C@H](C)NC(=O)[C@@H]1CCCN(S(=O)(=O)N(C)C)C1. The molecule has 7 heteroatoms. The molecule has 1 rings (SSSR count). The molecule has 0 radical (unpaired) electrons. The fraction of sp³-hybridized carbons (Fsp3) is 0.923. The summed E-state index contributed by atoms with van der Waals surface area (Å²) in [6.45, 7) is 4.84. The molecular weight excluding hydrogens is 278 g/mol. The van der Waals surface area contributed by atoms with Crippen molar-refractivity contribution in [1.29, 1.82) is 0 Å². The zero-order chi connectivity index (χ0) is 15.3. The first kappa shape index (κ1) is 17.4. The van der Waals surface area contributed by atoms with Crippen LogP contribution in [0.2, 0.25) is 0 Å². The van der Waals surface area contributed by atoms with Gasteiger partial charge in [-0.2, -0.15) is 17.0 Å². The van der Waals surface area contributed by atoms with Gasteiger partial charge in [0.25, 0.3) is 10.2 Å². The minimum Gasteiger partial charge on any atom is -0.353 e. The van der Waals surface area contributed by atoms with Crippen LogP contribution in [0.5, 0.6) is 0 Å². The van der Waals surface area contributed by atoms with Crippen LogP contribution >= 0.6 is 0 Å². The maximum Gasteiger partial charge on any atom is 0.281 e. The van der Waals surface area contributed by atoms with Crippen molar-refractivity contribution in [2.75, 3.05) is 27.2 Å². The Kier molecular flexibility index (Phi) is 6.42. The van der Waals surface area contributed by atoms with Crippen LogP contribution in [0.4, 0.5) is 0 Å². The first-order valence-corrected chi connectivity index (χ1v) is 8.66. The number of hydrogen-bond donors (Lipinski definition) is 1. The Morgan fingerprint density at radius 3 is 2.65 bits per heavy atom. The number of carbonyl (C=O) groups excluding carboxylic acids is 1. The normalized spacial score (nSPS) is 22.8. The monoisotopic (exact) mass is 305 g/mol. The fourth-order valence-electron chi connectivity index (χ4n) is 2.46. The van der Waals surface area contributed by atoms with Crippen LogP contribution in [0.15, 0.2) is 0 Å². The molecule has 0 aromatic rings. The summed E-state index contributed by atoms with van der Waals surface area (Å²) in [5.74, 6) is -0.262. The van der Waals surface area contributed by atoms with Gasteiger partial charge < -0.3 is 5.32 Å². The third kappa shape index (κ3) is 4.43. The molecule has 1 aliphatic heterocycles. The number of nitrogens with zero attached hydrogens (tertiary/aromatic N) is 2. The van der Waals surface area contributed by atoms with E-state index in [1.165, 1.54) is 22.7 Å². The van der Waals surface area contributed by atoms with Crippen molar-refractivity contribution in [3.8, 4) is 0 Å². The number of rotatable bonds is 6. The largest absolute Gasteiger partial charge is 0.353 e. The molecule has 6 nitrogen and oxygen atoms in total. The smallest absolute Gasteiger partial charge is 0.281 e. The van der Waals surface area contributed by atoms with Crippen molar-refractivity contribution in [3.05, 3.63) is 0 Å². The van der Waals surface area contributed by atoms with Crippen LogP contribution in [0.25, 0.3) is 0 Å². The predicted octanol–water partition coefficient (Wildman–Crippen LogP) is 0.810. The molecule has 1 amide bonds. The molecule has 1 N–H and O–H groups in total. The van der Waals surface area contributed by atoms with Gasteiger partial charge in [-0.3, -0.25) is 4.79 Å². The van der Waals surface area contributed by atoms with E-state index in [2.05, 4.69) is 12.2 Å². The van der Waals surface area contributed by atoms with Crippen LogP contribution in [0.1, 0.15) is 39.5 Å². The van der Waals surface area contributed by atoms with E-state index in [9.17, 15) is 13.2 Å². The summed E-state index contributed by atoms with van der Waals surface area (Å²) in [5, 5.41) is 2.98. The number of piperidine rings is 1. The van der Waals surface area contributed by atoms with E-state index < -0.39 is 10.2 Å². The van der Waals surface area contributed by atoms with Crippen molar-refractivity contribution in [3.63, 3.8) is 0 Å². The lowest BCUT2D eigenvalue weighted by molar-refractivity contribution is -0.126. The molecule has 20 heavy (non-hydrogen) atoms. The number of nitrogens with one attached hydrogen (secondary N) is 1. The molecule has 0 aliphatic carbocycles. The van der Waals surface area contributed by atoms with Crippen LogP contribution in [-0.4, -0.2) is 56.2 Å². The van der Waals surface area contributed by atoms with Gasteiger partial charge in [-0.1, -0.05) is 13.3 Å². The molecular formula is C13H27N3O3S. The molecule has 1 heterocycles. The zero-order valence-electron chi connectivity index (χ0n) is 12.9. The summed E-state index contributed by atoms with van der Waals surface area (Å²) in [4.78, 5) is 12.2. The van der Waals surface area contributed by atoms with E-state index in [1.807, 2.05) is 6.92 Å². The molecule has 0 aromatic heterocycles. The average Bonchev–Trinajstić information content (AvgIpc) is 2.38. The highest BCUT2D eigenvalue weighted by Gasteiger charge is 2.33.